The molecule has 114 valence electrons. The van der Waals surface area contributed by atoms with Gasteiger partial charge >= 0.3 is 0 Å². The summed E-state index contributed by atoms with van der Waals surface area (Å²) >= 11 is 6.37. The van der Waals surface area contributed by atoms with Gasteiger partial charge in [0.05, 0.1) is 6.61 Å². The molecule has 0 heterocycles. The number of nitrogens with two attached hydrogens (primary N) is 1. The topological polar surface area (TPSA) is 35.2 Å². The fourth-order valence-electron chi connectivity index (χ4n) is 2.61. The van der Waals surface area contributed by atoms with E-state index in [1.807, 2.05) is 13.8 Å². The molecule has 0 amide bonds. The largest absolute Gasteiger partial charge is 0.494 e. The van der Waals surface area contributed by atoms with E-state index in [9.17, 15) is 0 Å². The highest BCUT2D eigenvalue weighted by molar-refractivity contribution is 6.32. The van der Waals surface area contributed by atoms with Crippen LogP contribution in [0.4, 0.5) is 0 Å². The molecule has 1 unspecified atom stereocenters. The van der Waals surface area contributed by atoms with Crippen molar-refractivity contribution in [2.24, 2.45) is 5.73 Å². The van der Waals surface area contributed by atoms with Gasteiger partial charge in [-0.05, 0) is 69.2 Å². The molecule has 1 rings (SSSR count). The van der Waals surface area contributed by atoms with Crippen molar-refractivity contribution in [3.05, 3.63) is 27.8 Å². The summed E-state index contributed by atoms with van der Waals surface area (Å²) in [5.41, 5.74) is 9.56. The first-order chi connectivity index (χ1) is 9.51. The molecule has 20 heavy (non-hydrogen) atoms. The Morgan fingerprint density at radius 2 is 1.95 bits per heavy atom. The van der Waals surface area contributed by atoms with Crippen molar-refractivity contribution in [3.8, 4) is 5.75 Å². The molecule has 0 aliphatic carbocycles. The van der Waals surface area contributed by atoms with Gasteiger partial charge in [-0.15, -0.1) is 0 Å². The number of aryl methyl sites for hydroxylation is 1. The van der Waals surface area contributed by atoms with Crippen LogP contribution >= 0.6 is 11.6 Å². The molecule has 0 radical (unpaired) electrons. The number of ether oxygens (including phenoxy) is 1. The van der Waals surface area contributed by atoms with E-state index < -0.39 is 0 Å². The van der Waals surface area contributed by atoms with E-state index in [1.54, 1.807) is 0 Å². The minimum Gasteiger partial charge on any atom is -0.494 e. The smallest absolute Gasteiger partial charge is 0.123 e. The summed E-state index contributed by atoms with van der Waals surface area (Å²) in [7, 11) is 0. The molecule has 1 aromatic rings. The molecule has 0 spiro atoms. The number of hydrogen-bond donors (Lipinski definition) is 1. The number of halogens is 1. The van der Waals surface area contributed by atoms with Gasteiger partial charge in [-0.25, -0.2) is 0 Å². The van der Waals surface area contributed by atoms with Gasteiger partial charge in [-0.1, -0.05) is 24.9 Å². The molecular weight excluding hydrogens is 270 g/mol. The lowest BCUT2D eigenvalue weighted by Gasteiger charge is -2.17. The second-order valence-corrected chi connectivity index (χ2v) is 5.86. The molecule has 0 aromatic heterocycles. The zero-order chi connectivity index (χ0) is 15.1. The Morgan fingerprint density at radius 1 is 1.25 bits per heavy atom. The Bertz CT molecular complexity index is 431. The van der Waals surface area contributed by atoms with Crippen molar-refractivity contribution >= 4 is 11.6 Å². The first-order valence-corrected chi connectivity index (χ1v) is 8.05. The summed E-state index contributed by atoms with van der Waals surface area (Å²) in [6.07, 6.45) is 5.39. The fraction of sp³-hybridized carbons (Fsp3) is 0.647. The van der Waals surface area contributed by atoms with E-state index in [-0.39, 0.29) is 0 Å². The maximum atomic E-state index is 6.37. The lowest BCUT2D eigenvalue weighted by molar-refractivity contribution is 0.335. The molecule has 0 bridgehead atoms. The van der Waals surface area contributed by atoms with Crippen LogP contribution in [0.1, 0.15) is 56.2 Å². The summed E-state index contributed by atoms with van der Waals surface area (Å²) in [5.74, 6) is 0.982. The van der Waals surface area contributed by atoms with Crippen molar-refractivity contribution in [2.45, 2.75) is 65.8 Å². The van der Waals surface area contributed by atoms with Gasteiger partial charge in [0, 0.05) is 11.1 Å². The van der Waals surface area contributed by atoms with Crippen LogP contribution in [0.15, 0.2) is 6.07 Å². The molecular formula is C17H28ClNO. The monoisotopic (exact) mass is 297 g/mol. The standard InChI is InChI=1S/C17H28ClNO/c1-5-8-14(19)9-7-10-15-13(4)17(18)12(3)11-16(15)20-6-2/h11,14H,5-10,19H2,1-4H3. The molecule has 3 heteroatoms. The van der Waals surface area contributed by atoms with Crippen molar-refractivity contribution in [3.63, 3.8) is 0 Å². The number of hydrogen-bond acceptors (Lipinski definition) is 2. The van der Waals surface area contributed by atoms with Crippen LogP contribution in [0.25, 0.3) is 0 Å². The van der Waals surface area contributed by atoms with Crippen LogP contribution in [0, 0.1) is 13.8 Å². The van der Waals surface area contributed by atoms with Gasteiger partial charge < -0.3 is 10.5 Å². The highest BCUT2D eigenvalue weighted by Crippen LogP contribution is 2.33. The Labute approximate surface area is 128 Å². The summed E-state index contributed by atoms with van der Waals surface area (Å²) in [6.45, 7) is 8.98. The summed E-state index contributed by atoms with van der Waals surface area (Å²) in [6, 6.07) is 2.37. The summed E-state index contributed by atoms with van der Waals surface area (Å²) in [5, 5.41) is 0.862. The minimum absolute atomic E-state index is 0.316. The first-order valence-electron chi connectivity index (χ1n) is 7.68. The third-order valence-electron chi connectivity index (χ3n) is 3.73. The zero-order valence-corrected chi connectivity index (χ0v) is 14.0. The average molecular weight is 298 g/mol. The Kier molecular flexibility index (Phi) is 7.39. The maximum absolute atomic E-state index is 6.37. The third kappa shape index (κ3) is 4.68. The van der Waals surface area contributed by atoms with E-state index in [2.05, 4.69) is 19.9 Å². The molecule has 0 fully saturated rings. The molecule has 0 saturated heterocycles. The van der Waals surface area contributed by atoms with Crippen molar-refractivity contribution in [1.82, 2.24) is 0 Å². The SMILES string of the molecule is CCCC(N)CCCc1c(OCC)cc(C)c(Cl)c1C. The molecule has 0 aliphatic heterocycles. The fourth-order valence-corrected chi connectivity index (χ4v) is 2.78. The first kappa shape index (κ1) is 17.3. The van der Waals surface area contributed by atoms with Gasteiger partial charge in [-0.2, -0.15) is 0 Å². The number of rotatable bonds is 8. The van der Waals surface area contributed by atoms with Crippen LogP contribution in [-0.4, -0.2) is 12.6 Å². The van der Waals surface area contributed by atoms with Crippen LogP contribution in [-0.2, 0) is 6.42 Å². The van der Waals surface area contributed by atoms with E-state index in [0.29, 0.717) is 12.6 Å². The summed E-state index contributed by atoms with van der Waals surface area (Å²) < 4.78 is 5.77. The predicted molar refractivity (Wildman–Crippen MR) is 87.9 cm³/mol. The second-order valence-electron chi connectivity index (χ2n) is 5.48. The van der Waals surface area contributed by atoms with Crippen molar-refractivity contribution in [2.75, 3.05) is 6.61 Å². The molecule has 1 aromatic carbocycles. The lowest BCUT2D eigenvalue weighted by Crippen LogP contribution is -2.19. The normalized spacial score (nSPS) is 12.5. The number of benzene rings is 1. The van der Waals surface area contributed by atoms with Crippen LogP contribution in [0.3, 0.4) is 0 Å². The second kappa shape index (κ2) is 8.53. The highest BCUT2D eigenvalue weighted by atomic mass is 35.5. The van der Waals surface area contributed by atoms with E-state index in [4.69, 9.17) is 22.1 Å². The molecule has 0 aliphatic rings. The van der Waals surface area contributed by atoms with Gasteiger partial charge in [0.15, 0.2) is 0 Å². The molecule has 1 atom stereocenters. The predicted octanol–water partition coefficient (Wildman–Crippen LogP) is 4.81. The van der Waals surface area contributed by atoms with Crippen LogP contribution in [0.5, 0.6) is 5.75 Å². The molecule has 0 saturated carbocycles. The van der Waals surface area contributed by atoms with Crippen LogP contribution < -0.4 is 10.5 Å². The van der Waals surface area contributed by atoms with Gasteiger partial charge in [0.25, 0.3) is 0 Å². The van der Waals surface area contributed by atoms with Crippen molar-refractivity contribution in [1.29, 1.82) is 0 Å². The molecule has 2 nitrogen and oxygen atoms in total. The zero-order valence-electron chi connectivity index (χ0n) is 13.3. The molecule has 2 N–H and O–H groups in total. The average Bonchev–Trinajstić information content (AvgIpc) is 2.40. The Balaban J connectivity index is 2.79. The van der Waals surface area contributed by atoms with Gasteiger partial charge in [0.2, 0.25) is 0 Å². The summed E-state index contributed by atoms with van der Waals surface area (Å²) in [4.78, 5) is 0. The van der Waals surface area contributed by atoms with Gasteiger partial charge in [0.1, 0.15) is 5.75 Å². The highest BCUT2D eigenvalue weighted by Gasteiger charge is 2.13. The van der Waals surface area contributed by atoms with Crippen LogP contribution in [0.2, 0.25) is 5.02 Å². The minimum atomic E-state index is 0.316. The van der Waals surface area contributed by atoms with E-state index in [0.717, 1.165) is 54.0 Å². The Hall–Kier alpha value is -0.730. The Morgan fingerprint density at radius 3 is 2.55 bits per heavy atom. The maximum Gasteiger partial charge on any atom is 0.123 e. The quantitative estimate of drug-likeness (QED) is 0.747. The van der Waals surface area contributed by atoms with Crippen molar-refractivity contribution < 1.29 is 4.74 Å². The van der Waals surface area contributed by atoms with E-state index in [1.165, 1.54) is 5.56 Å². The van der Waals surface area contributed by atoms with Gasteiger partial charge in [-0.3, -0.25) is 0 Å². The third-order valence-corrected chi connectivity index (χ3v) is 4.32. The lowest BCUT2D eigenvalue weighted by atomic mass is 9.97. The van der Waals surface area contributed by atoms with E-state index >= 15 is 0 Å².